The minimum Gasteiger partial charge on any atom is -0.494 e. The van der Waals surface area contributed by atoms with E-state index in [-0.39, 0.29) is 0 Å². The van der Waals surface area contributed by atoms with E-state index in [1.165, 1.54) is 31.3 Å². The van der Waals surface area contributed by atoms with Gasteiger partial charge in [0.15, 0.2) is 0 Å². The van der Waals surface area contributed by atoms with Crippen molar-refractivity contribution < 1.29 is 4.74 Å². The molecule has 1 N–H and O–H groups in total. The van der Waals surface area contributed by atoms with Crippen molar-refractivity contribution in [1.29, 1.82) is 0 Å². The third kappa shape index (κ3) is 3.71. The Morgan fingerprint density at radius 2 is 2.47 bits per heavy atom. The summed E-state index contributed by atoms with van der Waals surface area (Å²) in [4.78, 5) is 0. The van der Waals surface area contributed by atoms with Crippen molar-refractivity contribution in [3.63, 3.8) is 0 Å². The van der Waals surface area contributed by atoms with E-state index in [2.05, 4.69) is 24.4 Å². The lowest BCUT2D eigenvalue weighted by molar-refractivity contribution is 0.201. The summed E-state index contributed by atoms with van der Waals surface area (Å²) in [6, 6.07) is 0.823. The molecule has 1 heterocycles. The van der Waals surface area contributed by atoms with Gasteiger partial charge in [-0.05, 0) is 57.2 Å². The highest BCUT2D eigenvalue weighted by Crippen LogP contribution is 2.19. The molecule has 2 aliphatic rings. The first-order chi connectivity index (χ1) is 7.36. The molecule has 2 rings (SSSR count). The van der Waals surface area contributed by atoms with Gasteiger partial charge in [-0.3, -0.25) is 0 Å². The molecular formula is C13H21NO. The predicted molar refractivity (Wildman–Crippen MR) is 62.7 cm³/mol. The van der Waals surface area contributed by atoms with Crippen LogP contribution in [-0.2, 0) is 4.74 Å². The Morgan fingerprint density at radius 1 is 1.60 bits per heavy atom. The molecule has 0 aromatic carbocycles. The van der Waals surface area contributed by atoms with Gasteiger partial charge < -0.3 is 10.1 Å². The molecule has 2 nitrogen and oxygen atoms in total. The maximum Gasteiger partial charge on any atom is 0.117 e. The topological polar surface area (TPSA) is 21.3 Å². The molecule has 0 radical (unpaired) electrons. The van der Waals surface area contributed by atoms with Crippen LogP contribution in [0.1, 0.15) is 39.0 Å². The maximum atomic E-state index is 5.60. The Kier molecular flexibility index (Phi) is 3.84. The van der Waals surface area contributed by atoms with Gasteiger partial charge in [-0.25, -0.2) is 0 Å². The van der Waals surface area contributed by atoms with E-state index in [1.54, 1.807) is 0 Å². The number of hydrogen-bond donors (Lipinski definition) is 1. The first kappa shape index (κ1) is 10.7. The summed E-state index contributed by atoms with van der Waals surface area (Å²) >= 11 is 0. The molecule has 0 bridgehead atoms. The molecule has 0 unspecified atom stereocenters. The summed E-state index contributed by atoms with van der Waals surface area (Å²) < 4.78 is 5.60. The fourth-order valence-corrected chi connectivity index (χ4v) is 1.80. The molecule has 15 heavy (non-hydrogen) atoms. The molecular weight excluding hydrogens is 186 g/mol. The summed E-state index contributed by atoms with van der Waals surface area (Å²) in [5.74, 6) is 1.10. The molecule has 0 atom stereocenters. The van der Waals surface area contributed by atoms with Crippen LogP contribution in [-0.4, -0.2) is 19.2 Å². The van der Waals surface area contributed by atoms with Crippen LogP contribution in [0, 0.1) is 0 Å². The molecule has 0 aromatic rings. The van der Waals surface area contributed by atoms with Gasteiger partial charge >= 0.3 is 0 Å². The summed E-state index contributed by atoms with van der Waals surface area (Å²) in [7, 11) is 0. The van der Waals surface area contributed by atoms with E-state index in [0.717, 1.165) is 31.4 Å². The Morgan fingerprint density at radius 3 is 3.13 bits per heavy atom. The number of nitrogens with one attached hydrogen (secondary N) is 1. The Hall–Kier alpha value is -0.760. The lowest BCUT2D eigenvalue weighted by atomic mass is 10.1. The van der Waals surface area contributed by atoms with Crippen LogP contribution >= 0.6 is 0 Å². The number of hydrogen-bond acceptors (Lipinski definition) is 2. The van der Waals surface area contributed by atoms with E-state index in [1.807, 2.05) is 0 Å². The van der Waals surface area contributed by atoms with Crippen molar-refractivity contribution in [3.05, 3.63) is 23.5 Å². The molecule has 0 amide bonds. The van der Waals surface area contributed by atoms with E-state index >= 15 is 0 Å². The van der Waals surface area contributed by atoms with Gasteiger partial charge in [-0.2, -0.15) is 0 Å². The summed E-state index contributed by atoms with van der Waals surface area (Å²) in [6.45, 7) is 4.14. The average molecular weight is 207 g/mol. The summed E-state index contributed by atoms with van der Waals surface area (Å²) in [5, 5.41) is 3.51. The maximum absolute atomic E-state index is 5.60. The van der Waals surface area contributed by atoms with Gasteiger partial charge in [0.2, 0.25) is 0 Å². The van der Waals surface area contributed by atoms with Gasteiger partial charge in [-0.15, -0.1) is 0 Å². The normalized spacial score (nSPS) is 22.2. The zero-order chi connectivity index (χ0) is 10.5. The van der Waals surface area contributed by atoms with E-state index in [9.17, 15) is 0 Å². The van der Waals surface area contributed by atoms with Gasteiger partial charge in [0.1, 0.15) is 5.76 Å². The fourth-order valence-electron chi connectivity index (χ4n) is 1.80. The molecule has 84 valence electrons. The van der Waals surface area contributed by atoms with Crippen LogP contribution < -0.4 is 5.32 Å². The number of ether oxygens (including phenoxy) is 1. The number of rotatable bonds is 5. The summed E-state index contributed by atoms with van der Waals surface area (Å²) in [5.41, 5.74) is 1.30. The third-order valence-electron chi connectivity index (χ3n) is 2.93. The molecule has 2 heteroatoms. The van der Waals surface area contributed by atoms with Crippen LogP contribution in [0.15, 0.2) is 23.5 Å². The van der Waals surface area contributed by atoms with Crippen molar-refractivity contribution in [2.75, 3.05) is 13.2 Å². The Bertz CT molecular complexity index is 264. The molecule has 1 saturated carbocycles. The minimum atomic E-state index is 0.823. The molecule has 1 aliphatic carbocycles. The van der Waals surface area contributed by atoms with Crippen LogP contribution in [0.2, 0.25) is 0 Å². The third-order valence-corrected chi connectivity index (χ3v) is 2.93. The van der Waals surface area contributed by atoms with Crippen LogP contribution in [0.5, 0.6) is 0 Å². The first-order valence-corrected chi connectivity index (χ1v) is 6.10. The van der Waals surface area contributed by atoms with Crippen molar-refractivity contribution >= 4 is 0 Å². The second-order valence-electron chi connectivity index (χ2n) is 4.46. The van der Waals surface area contributed by atoms with Gasteiger partial charge in [0, 0.05) is 6.04 Å². The van der Waals surface area contributed by atoms with Gasteiger partial charge in [0.05, 0.1) is 6.61 Å². The number of allylic oxidation sites excluding steroid dienone is 2. The van der Waals surface area contributed by atoms with Crippen LogP contribution in [0.25, 0.3) is 0 Å². The first-order valence-electron chi connectivity index (χ1n) is 6.10. The van der Waals surface area contributed by atoms with E-state index in [4.69, 9.17) is 4.74 Å². The smallest absolute Gasteiger partial charge is 0.117 e. The van der Waals surface area contributed by atoms with Crippen molar-refractivity contribution in [3.8, 4) is 0 Å². The molecule has 0 aromatic heterocycles. The molecule has 0 spiro atoms. The van der Waals surface area contributed by atoms with Crippen LogP contribution in [0.3, 0.4) is 0 Å². The SMILES string of the molecule is CC(=CCCNC1CC1)C1=CCCCO1. The highest BCUT2D eigenvalue weighted by Gasteiger charge is 2.19. The molecule has 0 saturated heterocycles. The molecule has 1 fully saturated rings. The van der Waals surface area contributed by atoms with Crippen LogP contribution in [0.4, 0.5) is 0 Å². The summed E-state index contributed by atoms with van der Waals surface area (Å²) in [6.07, 6.45) is 10.7. The van der Waals surface area contributed by atoms with E-state index in [0.29, 0.717) is 0 Å². The van der Waals surface area contributed by atoms with Crippen molar-refractivity contribution in [2.24, 2.45) is 0 Å². The van der Waals surface area contributed by atoms with Gasteiger partial charge in [-0.1, -0.05) is 6.08 Å². The lowest BCUT2D eigenvalue weighted by Crippen LogP contribution is -2.16. The fraction of sp³-hybridized carbons (Fsp3) is 0.692. The zero-order valence-electron chi connectivity index (χ0n) is 9.59. The Labute approximate surface area is 92.4 Å². The highest BCUT2D eigenvalue weighted by atomic mass is 16.5. The standard InChI is InChI=1S/C13H21NO/c1-11(13-6-2-3-10-15-13)5-4-9-14-12-7-8-12/h5-6,12,14H,2-4,7-10H2,1H3. The minimum absolute atomic E-state index is 0.823. The Balaban J connectivity index is 1.70. The largest absolute Gasteiger partial charge is 0.494 e. The molecule has 1 aliphatic heterocycles. The lowest BCUT2D eigenvalue weighted by Gasteiger charge is -2.15. The van der Waals surface area contributed by atoms with Gasteiger partial charge in [0.25, 0.3) is 0 Å². The van der Waals surface area contributed by atoms with Crippen molar-refractivity contribution in [2.45, 2.75) is 45.1 Å². The predicted octanol–water partition coefficient (Wildman–Crippen LogP) is 2.77. The monoisotopic (exact) mass is 207 g/mol. The second kappa shape index (κ2) is 5.36. The quantitative estimate of drug-likeness (QED) is 0.700. The average Bonchev–Trinajstić information content (AvgIpc) is 3.09. The highest BCUT2D eigenvalue weighted by molar-refractivity contribution is 5.24. The second-order valence-corrected chi connectivity index (χ2v) is 4.46. The van der Waals surface area contributed by atoms with E-state index < -0.39 is 0 Å². The van der Waals surface area contributed by atoms with Crippen molar-refractivity contribution in [1.82, 2.24) is 5.32 Å². The zero-order valence-corrected chi connectivity index (χ0v) is 9.59.